The summed E-state index contributed by atoms with van der Waals surface area (Å²) in [4.78, 5) is 17.6. The van der Waals surface area contributed by atoms with Crippen molar-refractivity contribution < 1.29 is 23.7 Å². The number of fused-ring (bicyclic) bond motifs is 3. The van der Waals surface area contributed by atoms with E-state index in [2.05, 4.69) is 47.9 Å². The van der Waals surface area contributed by atoms with E-state index in [9.17, 15) is 4.79 Å². The molecule has 1 aliphatic carbocycles. The molecule has 3 aliphatic rings. The molecule has 2 aromatic rings. The highest BCUT2D eigenvalue weighted by atomic mass is 16.5. The summed E-state index contributed by atoms with van der Waals surface area (Å²) in [5, 5.41) is 0. The van der Waals surface area contributed by atoms with Crippen molar-refractivity contribution in [3.05, 3.63) is 46.5 Å². The van der Waals surface area contributed by atoms with E-state index in [0.717, 1.165) is 81.3 Å². The minimum Gasteiger partial charge on any atom is -0.493 e. The number of carbonyl (C=O) groups is 1. The summed E-state index contributed by atoms with van der Waals surface area (Å²) in [6.45, 7) is 8.39. The van der Waals surface area contributed by atoms with E-state index in [1.807, 2.05) is 0 Å². The second-order valence-corrected chi connectivity index (χ2v) is 11.1. The molecule has 1 fully saturated rings. The van der Waals surface area contributed by atoms with Crippen LogP contribution < -0.4 is 18.9 Å². The lowest BCUT2D eigenvalue weighted by Gasteiger charge is -2.59. The molecule has 0 N–H and O–H groups in total. The van der Waals surface area contributed by atoms with Crippen LogP contribution in [0.25, 0.3) is 0 Å². The van der Waals surface area contributed by atoms with Crippen LogP contribution in [0.2, 0.25) is 0 Å². The standard InChI is InChI=1S/C32H44N2O5/c1-7-33-13-10-22-16-27(36-3)29(38-5)18-24(22)31(33)26-15-21(20-35)9-12-32(26)25-19-30(39-6)28(37-4)17-23(25)11-14-34(32)8-2/h16-21,26,31H,7-15H2,1-6H3/t21-,26-,31?,32+/m1/s1. The SMILES string of the molecule is CCN1CCc2cc(OC)c(OC)cc2C1[C@H]1C[C@H](C=O)CC[C@]12c1cc(OC)c(OC)cc1CCN2CC. The molecule has 2 heterocycles. The maximum absolute atomic E-state index is 12.3. The van der Waals surface area contributed by atoms with Crippen LogP contribution in [-0.2, 0) is 23.2 Å². The highest BCUT2D eigenvalue weighted by Crippen LogP contribution is 2.58. The van der Waals surface area contributed by atoms with Gasteiger partial charge in [-0.15, -0.1) is 0 Å². The number of ether oxygens (including phenoxy) is 4. The number of carbonyl (C=O) groups excluding carboxylic acids is 1. The third kappa shape index (κ3) is 4.48. The average molecular weight is 537 g/mol. The Hall–Kier alpha value is -2.77. The molecule has 1 unspecified atom stereocenters. The smallest absolute Gasteiger partial charge is 0.161 e. The van der Waals surface area contributed by atoms with E-state index in [1.165, 1.54) is 28.5 Å². The van der Waals surface area contributed by atoms with E-state index in [4.69, 9.17) is 18.9 Å². The summed E-state index contributed by atoms with van der Waals surface area (Å²) in [6.07, 6.45) is 5.82. The number of likely N-dealkylation sites (N-methyl/N-ethyl adjacent to an activating group) is 2. The normalized spacial score (nSPS) is 27.0. The topological polar surface area (TPSA) is 60.5 Å². The van der Waals surface area contributed by atoms with Crippen LogP contribution in [0.4, 0.5) is 0 Å². The average Bonchev–Trinajstić information content (AvgIpc) is 2.99. The molecule has 4 atom stereocenters. The quantitative estimate of drug-likeness (QED) is 0.439. The molecule has 212 valence electrons. The van der Waals surface area contributed by atoms with Gasteiger partial charge in [0.05, 0.1) is 34.0 Å². The molecule has 2 aliphatic heterocycles. The zero-order valence-electron chi connectivity index (χ0n) is 24.4. The Kier molecular flexibility index (Phi) is 8.11. The van der Waals surface area contributed by atoms with Gasteiger partial charge in [-0.25, -0.2) is 0 Å². The van der Waals surface area contributed by atoms with Crippen molar-refractivity contribution in [3.63, 3.8) is 0 Å². The van der Waals surface area contributed by atoms with Gasteiger partial charge < -0.3 is 23.7 Å². The van der Waals surface area contributed by atoms with Gasteiger partial charge >= 0.3 is 0 Å². The molecule has 0 radical (unpaired) electrons. The van der Waals surface area contributed by atoms with E-state index in [0.29, 0.717) is 0 Å². The van der Waals surface area contributed by atoms with Crippen molar-refractivity contribution in [2.45, 2.75) is 57.5 Å². The van der Waals surface area contributed by atoms with Gasteiger partial charge in [-0.3, -0.25) is 9.80 Å². The van der Waals surface area contributed by atoms with Gasteiger partial charge in [-0.1, -0.05) is 13.8 Å². The number of rotatable bonds is 8. The molecule has 0 amide bonds. The Bertz CT molecular complexity index is 1200. The lowest BCUT2D eigenvalue weighted by molar-refractivity contribution is -0.117. The summed E-state index contributed by atoms with van der Waals surface area (Å²) in [5.74, 6) is 3.35. The summed E-state index contributed by atoms with van der Waals surface area (Å²) in [6, 6.07) is 8.94. The predicted molar refractivity (Wildman–Crippen MR) is 152 cm³/mol. The molecule has 0 aromatic heterocycles. The molecule has 7 heteroatoms. The van der Waals surface area contributed by atoms with Crippen molar-refractivity contribution in [3.8, 4) is 23.0 Å². The predicted octanol–water partition coefficient (Wildman–Crippen LogP) is 5.03. The van der Waals surface area contributed by atoms with Gasteiger partial charge in [0.25, 0.3) is 0 Å². The Balaban J connectivity index is 1.76. The maximum Gasteiger partial charge on any atom is 0.161 e. The van der Waals surface area contributed by atoms with Crippen LogP contribution in [0.5, 0.6) is 23.0 Å². The first-order valence-corrected chi connectivity index (χ1v) is 14.4. The number of nitrogens with zero attached hydrogens (tertiary/aromatic N) is 2. The molecular formula is C32H44N2O5. The summed E-state index contributed by atoms with van der Waals surface area (Å²) < 4.78 is 23.1. The highest BCUT2D eigenvalue weighted by molar-refractivity contribution is 5.57. The van der Waals surface area contributed by atoms with E-state index in [1.54, 1.807) is 28.4 Å². The zero-order chi connectivity index (χ0) is 27.7. The number of hydrogen-bond acceptors (Lipinski definition) is 7. The number of methoxy groups -OCH3 is 4. The van der Waals surface area contributed by atoms with Gasteiger partial charge in [0.2, 0.25) is 0 Å². The number of hydrogen-bond donors (Lipinski definition) is 0. The number of benzene rings is 2. The van der Waals surface area contributed by atoms with Crippen LogP contribution in [0, 0.1) is 11.8 Å². The molecule has 5 rings (SSSR count). The van der Waals surface area contributed by atoms with Crippen LogP contribution >= 0.6 is 0 Å². The Labute approximate surface area is 233 Å². The lowest BCUT2D eigenvalue weighted by atomic mass is 9.58. The van der Waals surface area contributed by atoms with Crippen LogP contribution in [0.3, 0.4) is 0 Å². The molecule has 1 saturated carbocycles. The van der Waals surface area contributed by atoms with Gasteiger partial charge in [0.15, 0.2) is 23.0 Å². The molecule has 0 saturated heterocycles. The first kappa shape index (κ1) is 27.8. The first-order chi connectivity index (χ1) is 19.0. The fourth-order valence-electron chi connectivity index (χ4n) is 7.92. The van der Waals surface area contributed by atoms with Crippen molar-refractivity contribution in [1.82, 2.24) is 9.80 Å². The third-order valence-corrected chi connectivity index (χ3v) is 9.74. The minimum absolute atomic E-state index is 0.0501. The Morgan fingerprint density at radius 3 is 2.08 bits per heavy atom. The molecule has 1 spiro atoms. The highest BCUT2D eigenvalue weighted by Gasteiger charge is 2.55. The van der Waals surface area contributed by atoms with E-state index >= 15 is 0 Å². The molecule has 7 nitrogen and oxygen atoms in total. The first-order valence-electron chi connectivity index (χ1n) is 14.4. The Morgan fingerprint density at radius 2 is 1.46 bits per heavy atom. The van der Waals surface area contributed by atoms with Gasteiger partial charge in [0.1, 0.15) is 6.29 Å². The molecule has 2 aromatic carbocycles. The maximum atomic E-state index is 12.3. The molecular weight excluding hydrogens is 492 g/mol. The van der Waals surface area contributed by atoms with Crippen LogP contribution in [0.15, 0.2) is 24.3 Å². The zero-order valence-corrected chi connectivity index (χ0v) is 24.4. The molecule has 0 bridgehead atoms. The van der Waals surface area contributed by atoms with Gasteiger partial charge in [0, 0.05) is 31.0 Å². The van der Waals surface area contributed by atoms with E-state index < -0.39 is 0 Å². The number of aldehydes is 1. The summed E-state index contributed by atoms with van der Waals surface area (Å²) in [5.41, 5.74) is 5.07. The lowest BCUT2D eigenvalue weighted by Crippen LogP contribution is -2.60. The Morgan fingerprint density at radius 1 is 0.846 bits per heavy atom. The summed E-state index contributed by atoms with van der Waals surface area (Å²) in [7, 11) is 6.83. The fourth-order valence-corrected chi connectivity index (χ4v) is 7.92. The van der Waals surface area contributed by atoms with E-state index in [-0.39, 0.29) is 23.4 Å². The van der Waals surface area contributed by atoms with Crippen molar-refractivity contribution in [1.29, 1.82) is 0 Å². The van der Waals surface area contributed by atoms with Crippen molar-refractivity contribution in [2.24, 2.45) is 11.8 Å². The van der Waals surface area contributed by atoms with Crippen molar-refractivity contribution >= 4 is 6.29 Å². The largest absolute Gasteiger partial charge is 0.493 e. The second kappa shape index (κ2) is 11.4. The van der Waals surface area contributed by atoms with Gasteiger partial charge in [-0.05, 0) is 91.7 Å². The van der Waals surface area contributed by atoms with Crippen LogP contribution in [-0.4, -0.2) is 70.7 Å². The second-order valence-electron chi connectivity index (χ2n) is 11.1. The fraction of sp³-hybridized carbons (Fsp3) is 0.594. The molecule has 39 heavy (non-hydrogen) atoms. The van der Waals surface area contributed by atoms with Crippen LogP contribution in [0.1, 0.15) is 61.4 Å². The third-order valence-electron chi connectivity index (χ3n) is 9.74. The van der Waals surface area contributed by atoms with Gasteiger partial charge in [-0.2, -0.15) is 0 Å². The summed E-state index contributed by atoms with van der Waals surface area (Å²) >= 11 is 0. The monoisotopic (exact) mass is 536 g/mol. The van der Waals surface area contributed by atoms with Crippen molar-refractivity contribution in [2.75, 3.05) is 54.6 Å². The minimum atomic E-state index is -0.221.